The van der Waals surface area contributed by atoms with Gasteiger partial charge in [0.25, 0.3) is 0 Å². The Bertz CT molecular complexity index is 236. The van der Waals surface area contributed by atoms with Crippen LogP contribution in [-0.2, 0) is 9.53 Å². The zero-order valence-corrected chi connectivity index (χ0v) is 9.33. The van der Waals surface area contributed by atoms with Crippen molar-refractivity contribution in [2.75, 3.05) is 19.8 Å². The number of carbonyl (C=O) groups is 1. The Hall–Kier alpha value is -0.610. The maximum atomic E-state index is 11.1. The van der Waals surface area contributed by atoms with Crippen LogP contribution in [0.4, 0.5) is 0 Å². The molecule has 0 aromatic carbocycles. The summed E-state index contributed by atoms with van der Waals surface area (Å²) in [4.78, 5) is 13.1. The highest BCUT2D eigenvalue weighted by molar-refractivity contribution is 5.77. The Morgan fingerprint density at radius 3 is 2.50 bits per heavy atom. The van der Waals surface area contributed by atoms with Crippen molar-refractivity contribution in [3.63, 3.8) is 0 Å². The first-order valence-corrected chi connectivity index (χ1v) is 4.87. The van der Waals surface area contributed by atoms with E-state index in [1.165, 1.54) is 0 Å². The van der Waals surface area contributed by atoms with Crippen LogP contribution in [0.3, 0.4) is 0 Å². The number of rotatable bonds is 2. The minimum atomic E-state index is -0.826. The van der Waals surface area contributed by atoms with Gasteiger partial charge in [-0.05, 0) is 27.7 Å². The van der Waals surface area contributed by atoms with Crippen molar-refractivity contribution < 1.29 is 14.6 Å². The zero-order valence-electron chi connectivity index (χ0n) is 9.33. The summed E-state index contributed by atoms with van der Waals surface area (Å²) in [6.07, 6.45) is 0. The van der Waals surface area contributed by atoms with Gasteiger partial charge >= 0.3 is 5.97 Å². The zero-order chi connectivity index (χ0) is 11.0. The second kappa shape index (κ2) is 3.51. The van der Waals surface area contributed by atoms with Crippen LogP contribution in [0.25, 0.3) is 0 Å². The molecule has 1 N–H and O–H groups in total. The number of ether oxygens (including phenoxy) is 1. The van der Waals surface area contributed by atoms with Gasteiger partial charge in [-0.15, -0.1) is 0 Å². The summed E-state index contributed by atoms with van der Waals surface area (Å²) < 4.78 is 5.36. The van der Waals surface area contributed by atoms with Gasteiger partial charge in [0.2, 0.25) is 0 Å². The summed E-state index contributed by atoms with van der Waals surface area (Å²) in [6, 6.07) is 0. The molecule has 0 bridgehead atoms. The summed E-state index contributed by atoms with van der Waals surface area (Å²) in [5.74, 6) is -0.785. The van der Waals surface area contributed by atoms with Crippen molar-refractivity contribution in [1.29, 1.82) is 0 Å². The molecule has 14 heavy (non-hydrogen) atoms. The van der Waals surface area contributed by atoms with Gasteiger partial charge in [0.15, 0.2) is 0 Å². The number of hydrogen-bond acceptors (Lipinski definition) is 3. The number of nitrogens with zero attached hydrogens (tertiary/aromatic N) is 1. The Morgan fingerprint density at radius 1 is 1.50 bits per heavy atom. The third-order valence-corrected chi connectivity index (χ3v) is 2.84. The van der Waals surface area contributed by atoms with Gasteiger partial charge in [-0.2, -0.15) is 0 Å². The van der Waals surface area contributed by atoms with Crippen molar-refractivity contribution in [3.8, 4) is 0 Å². The van der Waals surface area contributed by atoms with Crippen molar-refractivity contribution in [1.82, 2.24) is 4.90 Å². The fraction of sp³-hybridized carbons (Fsp3) is 0.900. The van der Waals surface area contributed by atoms with E-state index < -0.39 is 11.5 Å². The second-order valence-corrected chi connectivity index (χ2v) is 4.88. The smallest absolute Gasteiger partial charge is 0.323 e. The van der Waals surface area contributed by atoms with E-state index in [4.69, 9.17) is 9.84 Å². The molecule has 1 rings (SSSR count). The summed E-state index contributed by atoms with van der Waals surface area (Å²) in [5.41, 5.74) is -1.03. The molecule has 0 amide bonds. The molecule has 1 aliphatic rings. The van der Waals surface area contributed by atoms with Gasteiger partial charge in [0, 0.05) is 12.1 Å². The number of morpholine rings is 1. The third kappa shape index (κ3) is 1.91. The van der Waals surface area contributed by atoms with Gasteiger partial charge < -0.3 is 9.84 Å². The largest absolute Gasteiger partial charge is 0.480 e. The highest BCUT2D eigenvalue weighted by Crippen LogP contribution is 2.28. The average Bonchev–Trinajstić information content (AvgIpc) is 2.02. The molecule has 0 radical (unpaired) electrons. The van der Waals surface area contributed by atoms with E-state index in [0.29, 0.717) is 19.8 Å². The lowest BCUT2D eigenvalue weighted by atomic mass is 9.92. The minimum Gasteiger partial charge on any atom is -0.480 e. The quantitative estimate of drug-likeness (QED) is 0.723. The Labute approximate surface area is 84.8 Å². The first-order chi connectivity index (χ1) is 6.28. The highest BCUT2D eigenvalue weighted by atomic mass is 16.5. The van der Waals surface area contributed by atoms with Gasteiger partial charge in [-0.1, -0.05) is 0 Å². The number of carboxylic acid groups (broad SMARTS) is 1. The maximum Gasteiger partial charge on any atom is 0.323 e. The molecule has 4 heteroatoms. The maximum absolute atomic E-state index is 11.1. The van der Waals surface area contributed by atoms with Crippen LogP contribution in [0, 0.1) is 0 Å². The Balaban J connectivity index is 2.89. The molecular weight excluding hydrogens is 182 g/mol. The standard InChI is InChI=1S/C10H19NO3/c1-9(2)7-14-6-5-11(9)10(3,4)8(12)13/h5-7H2,1-4H3,(H,12,13). The van der Waals surface area contributed by atoms with E-state index in [-0.39, 0.29) is 5.54 Å². The van der Waals surface area contributed by atoms with E-state index in [1.807, 2.05) is 18.7 Å². The second-order valence-electron chi connectivity index (χ2n) is 4.88. The molecule has 0 aromatic heterocycles. The lowest BCUT2D eigenvalue weighted by Gasteiger charge is -2.48. The van der Waals surface area contributed by atoms with Crippen molar-refractivity contribution >= 4 is 5.97 Å². The average molecular weight is 201 g/mol. The van der Waals surface area contributed by atoms with E-state index in [1.54, 1.807) is 13.8 Å². The van der Waals surface area contributed by atoms with Crippen LogP contribution in [0.15, 0.2) is 0 Å². The van der Waals surface area contributed by atoms with E-state index in [2.05, 4.69) is 0 Å². The fourth-order valence-electron chi connectivity index (χ4n) is 2.01. The topological polar surface area (TPSA) is 49.8 Å². The summed E-state index contributed by atoms with van der Waals surface area (Å²) in [6.45, 7) is 9.37. The van der Waals surface area contributed by atoms with Crippen LogP contribution in [0.1, 0.15) is 27.7 Å². The van der Waals surface area contributed by atoms with E-state index in [0.717, 1.165) is 0 Å². The fourth-order valence-corrected chi connectivity index (χ4v) is 2.01. The van der Waals surface area contributed by atoms with Gasteiger partial charge in [-0.3, -0.25) is 9.69 Å². The van der Waals surface area contributed by atoms with Crippen LogP contribution in [0.5, 0.6) is 0 Å². The lowest BCUT2D eigenvalue weighted by Crippen LogP contribution is -2.64. The van der Waals surface area contributed by atoms with Crippen molar-refractivity contribution in [2.45, 2.75) is 38.8 Å². The summed E-state index contributed by atoms with van der Waals surface area (Å²) in [5, 5.41) is 9.14. The Morgan fingerprint density at radius 2 is 2.07 bits per heavy atom. The van der Waals surface area contributed by atoms with Crippen molar-refractivity contribution in [3.05, 3.63) is 0 Å². The van der Waals surface area contributed by atoms with Gasteiger partial charge in [0.1, 0.15) is 5.54 Å². The number of aliphatic carboxylic acids is 1. The number of carboxylic acids is 1. The molecular formula is C10H19NO3. The van der Waals surface area contributed by atoms with Gasteiger partial charge in [0.05, 0.1) is 13.2 Å². The molecule has 1 aliphatic heterocycles. The predicted octanol–water partition coefficient (Wildman–Crippen LogP) is 0.960. The molecule has 0 spiro atoms. The first kappa shape index (κ1) is 11.5. The Kier molecular flexibility index (Phi) is 2.88. The first-order valence-electron chi connectivity index (χ1n) is 4.87. The normalized spacial score (nSPS) is 23.4. The van der Waals surface area contributed by atoms with E-state index >= 15 is 0 Å². The van der Waals surface area contributed by atoms with Crippen molar-refractivity contribution in [2.24, 2.45) is 0 Å². The minimum absolute atomic E-state index is 0.208. The summed E-state index contributed by atoms with van der Waals surface area (Å²) in [7, 11) is 0. The van der Waals surface area contributed by atoms with Crippen LogP contribution >= 0.6 is 0 Å². The lowest BCUT2D eigenvalue weighted by molar-refractivity contribution is -0.162. The molecule has 0 aromatic rings. The van der Waals surface area contributed by atoms with Crippen LogP contribution < -0.4 is 0 Å². The molecule has 1 saturated heterocycles. The predicted molar refractivity (Wildman–Crippen MR) is 53.3 cm³/mol. The highest BCUT2D eigenvalue weighted by Gasteiger charge is 2.44. The molecule has 0 unspecified atom stereocenters. The molecule has 1 fully saturated rings. The number of hydrogen-bond donors (Lipinski definition) is 1. The molecule has 4 nitrogen and oxygen atoms in total. The van der Waals surface area contributed by atoms with Crippen LogP contribution in [0.2, 0.25) is 0 Å². The molecule has 1 heterocycles. The summed E-state index contributed by atoms with van der Waals surface area (Å²) >= 11 is 0. The van der Waals surface area contributed by atoms with Crippen LogP contribution in [-0.4, -0.2) is 46.8 Å². The molecule has 0 saturated carbocycles. The monoisotopic (exact) mass is 201 g/mol. The molecule has 0 atom stereocenters. The molecule has 0 aliphatic carbocycles. The van der Waals surface area contributed by atoms with E-state index in [9.17, 15) is 4.79 Å². The SMILES string of the molecule is CC1(C)COCCN1C(C)(C)C(=O)O. The third-order valence-electron chi connectivity index (χ3n) is 2.84. The molecule has 82 valence electrons. The van der Waals surface area contributed by atoms with Gasteiger partial charge in [-0.25, -0.2) is 0 Å².